The van der Waals surface area contributed by atoms with Crippen molar-refractivity contribution in [3.05, 3.63) is 90.0 Å². The number of benzene rings is 3. The summed E-state index contributed by atoms with van der Waals surface area (Å²) in [6.07, 6.45) is 0. The number of amides is 2. The molecule has 0 radical (unpaired) electrons. The Labute approximate surface area is 198 Å². The van der Waals surface area contributed by atoms with Crippen LogP contribution in [0, 0.1) is 11.6 Å². The van der Waals surface area contributed by atoms with Crippen LogP contribution in [-0.4, -0.2) is 31.8 Å². The molecule has 1 aromatic heterocycles. The molecule has 1 unspecified atom stereocenters. The number of anilines is 1. The maximum absolute atomic E-state index is 13.5. The molecule has 2 amide bonds. The normalized spacial score (nSPS) is 11.7. The highest BCUT2D eigenvalue weighted by atomic mass is 32.2. The van der Waals surface area contributed by atoms with Gasteiger partial charge in [-0.3, -0.25) is 14.2 Å². The summed E-state index contributed by atoms with van der Waals surface area (Å²) in [5.41, 5.74) is 7.27. The van der Waals surface area contributed by atoms with E-state index in [1.54, 1.807) is 47.9 Å². The average molecular weight is 480 g/mol. The summed E-state index contributed by atoms with van der Waals surface area (Å²) in [5.74, 6) is -1.22. The van der Waals surface area contributed by atoms with E-state index in [-0.39, 0.29) is 11.7 Å². The summed E-state index contributed by atoms with van der Waals surface area (Å²) < 4.78 is 28.6. The molecule has 3 N–H and O–H groups in total. The van der Waals surface area contributed by atoms with Crippen molar-refractivity contribution in [2.45, 2.75) is 17.3 Å². The summed E-state index contributed by atoms with van der Waals surface area (Å²) in [4.78, 5) is 24.0. The third kappa shape index (κ3) is 5.12. The molecule has 4 aromatic rings. The van der Waals surface area contributed by atoms with Crippen molar-refractivity contribution in [1.82, 2.24) is 14.8 Å². The molecule has 0 saturated heterocycles. The van der Waals surface area contributed by atoms with Crippen LogP contribution in [0.5, 0.6) is 0 Å². The number of carbonyl (C=O) groups excluding carboxylic acids is 2. The van der Waals surface area contributed by atoms with E-state index in [1.807, 2.05) is 0 Å². The van der Waals surface area contributed by atoms with Crippen molar-refractivity contribution in [3.8, 4) is 17.1 Å². The van der Waals surface area contributed by atoms with Gasteiger partial charge in [0.1, 0.15) is 11.6 Å². The molecule has 7 nitrogen and oxygen atoms in total. The van der Waals surface area contributed by atoms with Crippen molar-refractivity contribution in [2.24, 2.45) is 5.73 Å². The van der Waals surface area contributed by atoms with Gasteiger partial charge in [-0.05, 0) is 79.7 Å². The van der Waals surface area contributed by atoms with Gasteiger partial charge in [-0.1, -0.05) is 11.8 Å². The summed E-state index contributed by atoms with van der Waals surface area (Å²) in [6.45, 7) is 1.71. The molecule has 10 heteroatoms. The molecule has 0 saturated carbocycles. The highest BCUT2D eigenvalue weighted by Crippen LogP contribution is 2.31. The van der Waals surface area contributed by atoms with Crippen LogP contribution in [0.3, 0.4) is 0 Å². The molecule has 1 atom stereocenters. The summed E-state index contributed by atoms with van der Waals surface area (Å²) in [7, 11) is 0. The van der Waals surface area contributed by atoms with Crippen molar-refractivity contribution in [3.63, 3.8) is 0 Å². The van der Waals surface area contributed by atoms with Crippen LogP contribution in [0.2, 0.25) is 0 Å². The second-order valence-electron chi connectivity index (χ2n) is 7.32. The molecule has 0 spiro atoms. The van der Waals surface area contributed by atoms with Crippen LogP contribution >= 0.6 is 11.8 Å². The summed E-state index contributed by atoms with van der Waals surface area (Å²) >= 11 is 1.16. The fourth-order valence-electron chi connectivity index (χ4n) is 3.13. The molecule has 0 aliphatic rings. The summed E-state index contributed by atoms with van der Waals surface area (Å²) in [5, 5.41) is 11.1. The first-order valence-electron chi connectivity index (χ1n) is 10.2. The number of hydrogen-bond donors (Lipinski definition) is 2. The molecule has 0 aliphatic carbocycles. The minimum atomic E-state index is -0.583. The highest BCUT2D eigenvalue weighted by Gasteiger charge is 2.22. The Morgan fingerprint density at radius 1 is 0.912 bits per heavy atom. The van der Waals surface area contributed by atoms with E-state index >= 15 is 0 Å². The lowest BCUT2D eigenvalue weighted by Crippen LogP contribution is -2.23. The highest BCUT2D eigenvalue weighted by molar-refractivity contribution is 8.00. The zero-order chi connectivity index (χ0) is 24.2. The Balaban J connectivity index is 1.60. The lowest BCUT2D eigenvalue weighted by molar-refractivity contribution is -0.115. The van der Waals surface area contributed by atoms with Crippen LogP contribution in [0.15, 0.2) is 78.0 Å². The Hall–Kier alpha value is -4.05. The number of nitrogens with zero attached hydrogens (tertiary/aromatic N) is 3. The van der Waals surface area contributed by atoms with Gasteiger partial charge in [0.15, 0.2) is 11.0 Å². The Morgan fingerprint density at radius 3 is 2.09 bits per heavy atom. The molecule has 0 fully saturated rings. The van der Waals surface area contributed by atoms with E-state index in [0.717, 1.165) is 11.8 Å². The van der Waals surface area contributed by atoms with Crippen LogP contribution in [0.25, 0.3) is 17.1 Å². The van der Waals surface area contributed by atoms with Crippen molar-refractivity contribution in [2.75, 3.05) is 5.32 Å². The minimum Gasteiger partial charge on any atom is -0.366 e. The molecule has 34 heavy (non-hydrogen) atoms. The number of halogens is 2. The minimum absolute atomic E-state index is 0.297. The number of hydrogen-bond acceptors (Lipinski definition) is 5. The number of rotatable bonds is 7. The molecule has 172 valence electrons. The largest absolute Gasteiger partial charge is 0.366 e. The second kappa shape index (κ2) is 9.84. The fourth-order valence-corrected chi connectivity index (χ4v) is 4.00. The van der Waals surface area contributed by atoms with E-state index < -0.39 is 17.0 Å². The lowest BCUT2D eigenvalue weighted by Gasteiger charge is -2.14. The average Bonchev–Trinajstić information content (AvgIpc) is 3.23. The van der Waals surface area contributed by atoms with E-state index in [9.17, 15) is 18.4 Å². The van der Waals surface area contributed by atoms with Gasteiger partial charge in [-0.15, -0.1) is 10.2 Å². The second-order valence-corrected chi connectivity index (χ2v) is 8.62. The topological polar surface area (TPSA) is 103 Å². The van der Waals surface area contributed by atoms with Crippen LogP contribution in [0.1, 0.15) is 17.3 Å². The third-order valence-electron chi connectivity index (χ3n) is 4.91. The maximum atomic E-state index is 13.5. The zero-order valence-electron chi connectivity index (χ0n) is 17.9. The van der Waals surface area contributed by atoms with Gasteiger partial charge in [0, 0.05) is 22.5 Å². The Bertz CT molecular complexity index is 1320. The quantitative estimate of drug-likeness (QED) is 0.382. The van der Waals surface area contributed by atoms with E-state index in [1.165, 1.54) is 36.4 Å². The van der Waals surface area contributed by atoms with Crippen LogP contribution in [0.4, 0.5) is 14.5 Å². The number of aromatic nitrogens is 3. The fraction of sp³-hybridized carbons (Fsp3) is 0.0833. The number of nitrogens with two attached hydrogens (primary N) is 1. The van der Waals surface area contributed by atoms with Gasteiger partial charge in [0.25, 0.3) is 0 Å². The van der Waals surface area contributed by atoms with Crippen LogP contribution < -0.4 is 11.1 Å². The van der Waals surface area contributed by atoms with Gasteiger partial charge in [-0.2, -0.15) is 0 Å². The van der Waals surface area contributed by atoms with Gasteiger partial charge in [0.05, 0.1) is 5.25 Å². The van der Waals surface area contributed by atoms with E-state index in [0.29, 0.717) is 33.5 Å². The number of nitrogens with one attached hydrogen (secondary N) is 1. The SMILES string of the molecule is CC(Sc1nnc(-c2ccc(F)cc2)n1-c1ccc(F)cc1)C(=O)Nc1ccc(C(N)=O)cc1. The molecule has 4 rings (SSSR count). The monoisotopic (exact) mass is 479 g/mol. The molecular weight excluding hydrogens is 460 g/mol. The number of thioether (sulfide) groups is 1. The van der Waals surface area contributed by atoms with Gasteiger partial charge >= 0.3 is 0 Å². The van der Waals surface area contributed by atoms with Crippen molar-refractivity contribution < 1.29 is 18.4 Å². The van der Waals surface area contributed by atoms with E-state index in [2.05, 4.69) is 15.5 Å². The molecule has 0 bridgehead atoms. The van der Waals surface area contributed by atoms with Gasteiger partial charge < -0.3 is 11.1 Å². The van der Waals surface area contributed by atoms with Gasteiger partial charge in [0.2, 0.25) is 11.8 Å². The zero-order valence-corrected chi connectivity index (χ0v) is 18.7. The van der Waals surface area contributed by atoms with Crippen molar-refractivity contribution >= 4 is 29.3 Å². The Morgan fingerprint density at radius 2 is 1.50 bits per heavy atom. The predicted octanol–water partition coefficient (Wildman–Crippen LogP) is 4.43. The first-order chi connectivity index (χ1) is 16.3. The lowest BCUT2D eigenvalue weighted by atomic mass is 10.2. The standard InChI is InChI=1S/C24H19F2N5O2S/c1-14(23(33)28-19-10-4-15(5-11-19)21(27)32)34-24-30-29-22(16-2-6-17(25)7-3-16)31(24)20-12-8-18(26)9-13-20/h2-14H,1H3,(H2,27,32)(H,28,33). The smallest absolute Gasteiger partial charge is 0.248 e. The number of primary amides is 1. The third-order valence-corrected chi connectivity index (χ3v) is 5.95. The first-order valence-corrected chi connectivity index (χ1v) is 11.0. The number of carbonyl (C=O) groups is 2. The maximum Gasteiger partial charge on any atom is 0.248 e. The molecular formula is C24H19F2N5O2S. The van der Waals surface area contributed by atoms with E-state index in [4.69, 9.17) is 5.73 Å². The van der Waals surface area contributed by atoms with Crippen LogP contribution in [-0.2, 0) is 4.79 Å². The van der Waals surface area contributed by atoms with Gasteiger partial charge in [-0.25, -0.2) is 8.78 Å². The molecule has 0 aliphatic heterocycles. The predicted molar refractivity (Wildman–Crippen MR) is 126 cm³/mol. The first kappa shape index (κ1) is 23.1. The molecule has 3 aromatic carbocycles. The van der Waals surface area contributed by atoms with Crippen molar-refractivity contribution in [1.29, 1.82) is 0 Å². The Kier molecular flexibility index (Phi) is 6.69. The molecule has 1 heterocycles. The summed E-state index contributed by atoms with van der Waals surface area (Å²) in [6, 6.07) is 17.7.